The van der Waals surface area contributed by atoms with Crippen molar-refractivity contribution in [3.8, 4) is 0 Å². The van der Waals surface area contributed by atoms with Gasteiger partial charge in [-0.3, -0.25) is 9.59 Å². The average Bonchev–Trinajstić information content (AvgIpc) is 3.31. The Hall–Kier alpha value is -2.56. The summed E-state index contributed by atoms with van der Waals surface area (Å²) in [7, 11) is 73.0. The number of ether oxygens (including phenoxy) is 2. The molecule has 0 bridgehead atoms. The van der Waals surface area contributed by atoms with Crippen LogP contribution in [0.1, 0.15) is 18.1 Å². The van der Waals surface area contributed by atoms with Gasteiger partial charge >= 0.3 is 0 Å². The number of nitrogens with one attached hydrogen (secondary N) is 1. The summed E-state index contributed by atoms with van der Waals surface area (Å²) < 4.78 is 25.9. The first kappa shape index (κ1) is 40.9. The van der Waals surface area contributed by atoms with Crippen LogP contribution in [0.3, 0.4) is 0 Å². The summed E-state index contributed by atoms with van der Waals surface area (Å²) in [6, 6.07) is 3.85. The third-order valence-electron chi connectivity index (χ3n) is 8.49. The molecule has 0 aliphatic carbocycles. The van der Waals surface area contributed by atoms with Crippen molar-refractivity contribution in [1.82, 2.24) is 15.1 Å². The molecule has 0 saturated carbocycles. The number of aldehydes is 1. The van der Waals surface area contributed by atoms with E-state index in [9.17, 15) is 19.5 Å². The minimum Gasteiger partial charge on any atom is -0.496 e. The molecule has 2 fully saturated rings. The van der Waals surface area contributed by atoms with Gasteiger partial charge in [0.05, 0.1) is 96.7 Å². The quantitative estimate of drug-likeness (QED) is 0.111. The largest absolute Gasteiger partial charge is 0.496 e. The summed E-state index contributed by atoms with van der Waals surface area (Å²) in [4.78, 5) is 40.1. The molecule has 0 spiro atoms. The molecule has 2 atom stereocenters. The Bertz CT molecular complexity index is 1560. The van der Waals surface area contributed by atoms with E-state index in [4.69, 9.17) is 104 Å². The molecule has 24 radical (unpaired) electrons. The van der Waals surface area contributed by atoms with Crippen LogP contribution in [0, 0.1) is 5.82 Å². The number of likely N-dealkylation sites (N-methyl/N-ethyl adjacent to an activating group) is 1. The van der Waals surface area contributed by atoms with Crippen LogP contribution in [0.2, 0.25) is 10.4 Å². The van der Waals surface area contributed by atoms with Crippen molar-refractivity contribution in [1.29, 1.82) is 0 Å². The normalized spacial score (nSPS) is 25.3. The van der Waals surface area contributed by atoms with Crippen LogP contribution >= 0.6 is 0 Å². The highest BCUT2D eigenvalue weighted by atomic mass is 19.1. The lowest BCUT2D eigenvalue weighted by Crippen LogP contribution is -2.85. The lowest BCUT2D eigenvalue weighted by atomic mass is 9.23. The summed E-state index contributed by atoms with van der Waals surface area (Å²) in [5.74, 6) is -2.70. The summed E-state index contributed by atoms with van der Waals surface area (Å²) in [6.45, 7) is 0.482. The Balaban J connectivity index is 1.92. The lowest BCUT2D eigenvalue weighted by Gasteiger charge is -2.68. The van der Waals surface area contributed by atoms with E-state index in [2.05, 4.69) is 5.32 Å². The number of benzene rings is 1. The molecule has 22 heteroatoms. The molecule has 2 heterocycles. The number of likely N-dealkylation sites (tertiary alicyclic amines) is 1. The molecule has 2 unspecified atom stereocenters. The van der Waals surface area contributed by atoms with Gasteiger partial charge in [-0.2, -0.15) is 0 Å². The summed E-state index contributed by atoms with van der Waals surface area (Å²) in [6.07, 6.45) is 5.68. The second-order valence-electron chi connectivity index (χ2n) is 12.0. The smallest absolute Gasteiger partial charge is 0.254 e. The van der Waals surface area contributed by atoms with Crippen LogP contribution in [-0.2, 0) is 37.0 Å². The van der Waals surface area contributed by atoms with E-state index in [1.165, 1.54) is 31.3 Å². The number of allylic oxidation sites excluding steroid dienone is 3. The first-order chi connectivity index (χ1) is 22.3. The Morgan fingerprint density at radius 3 is 2.24 bits per heavy atom. The van der Waals surface area contributed by atoms with Gasteiger partial charge in [-0.15, -0.1) is 0 Å². The van der Waals surface area contributed by atoms with Crippen LogP contribution in [0.25, 0.3) is 0 Å². The number of amides is 2. The maximum absolute atomic E-state index is 15.3. The van der Waals surface area contributed by atoms with Crippen molar-refractivity contribution < 1.29 is 33.4 Å². The number of carbonyl (C=O) groups is 3. The molecule has 1 aromatic carbocycles. The van der Waals surface area contributed by atoms with Gasteiger partial charge in [0.1, 0.15) is 32.2 Å². The van der Waals surface area contributed by atoms with Gasteiger partial charge in [0.15, 0.2) is 7.85 Å². The van der Waals surface area contributed by atoms with Crippen molar-refractivity contribution in [2.75, 3.05) is 13.6 Å². The van der Waals surface area contributed by atoms with Crippen LogP contribution in [-0.4, -0.2) is 168 Å². The monoisotopic (exact) mass is 635 g/mol. The van der Waals surface area contributed by atoms with Crippen molar-refractivity contribution in [2.45, 2.75) is 57.7 Å². The summed E-state index contributed by atoms with van der Waals surface area (Å²) >= 11 is 0. The first-order valence-corrected chi connectivity index (χ1v) is 14.4. The van der Waals surface area contributed by atoms with Gasteiger partial charge in [0.2, 0.25) is 5.91 Å². The zero-order valence-electron chi connectivity index (χ0n) is 26.9. The van der Waals surface area contributed by atoms with E-state index in [0.717, 1.165) is 22.1 Å². The number of aliphatic hydroxyl groups is 1. The standard InChI is InChI=1S/C27H22B12FN3O6/c1-3-4-5-17-16(10-42(19(17)45)22(30,20(46)41-2)23(31,32)21(28,29)13-44)12-48-11-15-7-6-14(8-18(15)40)9-43-24(33,34)26(37,38)49-27(39,47)25(43,35)36/h3-8,12-13,47H,9-11H2,1-2H3,(H,41,46)/b4-3-,16-12+,17-5+. The van der Waals surface area contributed by atoms with Crippen LogP contribution in [0.4, 0.5) is 4.39 Å². The number of halogens is 1. The number of nitrogens with zero attached hydrogens (tertiary/aromatic N) is 2. The van der Waals surface area contributed by atoms with Crippen LogP contribution in [0.15, 0.2) is 53.8 Å². The fourth-order valence-electron chi connectivity index (χ4n) is 5.13. The molecule has 3 rings (SSSR count). The summed E-state index contributed by atoms with van der Waals surface area (Å²) in [5, 5.41) is 0.227. The van der Waals surface area contributed by atoms with Crippen LogP contribution < -0.4 is 5.32 Å². The fraction of sp³-hybridized carbons (Fsp3) is 0.444. The lowest BCUT2D eigenvalue weighted by molar-refractivity contribution is -0.248. The zero-order valence-corrected chi connectivity index (χ0v) is 26.9. The van der Waals surface area contributed by atoms with Crippen molar-refractivity contribution >= 4 is 112 Å². The molecule has 0 aromatic heterocycles. The van der Waals surface area contributed by atoms with E-state index < -0.39 is 68.3 Å². The number of hydrogen-bond donors (Lipinski definition) is 2. The Morgan fingerprint density at radius 1 is 1.10 bits per heavy atom. The number of hydrogen-bond acceptors (Lipinski definition) is 7. The van der Waals surface area contributed by atoms with Crippen LogP contribution in [0.5, 0.6) is 0 Å². The van der Waals surface area contributed by atoms with E-state index in [0.29, 0.717) is 0 Å². The maximum Gasteiger partial charge on any atom is 0.254 e. The molecule has 2 aliphatic rings. The minimum atomic E-state index is -2.83. The van der Waals surface area contributed by atoms with Gasteiger partial charge in [0, 0.05) is 30.3 Å². The fourth-order valence-corrected chi connectivity index (χ4v) is 5.13. The Labute approximate surface area is 302 Å². The van der Waals surface area contributed by atoms with Gasteiger partial charge in [0.25, 0.3) is 5.91 Å². The molecule has 2 amide bonds. The third kappa shape index (κ3) is 6.90. The predicted octanol–water partition coefficient (Wildman–Crippen LogP) is -4.09. The second kappa shape index (κ2) is 13.9. The van der Waals surface area contributed by atoms with Gasteiger partial charge in [-0.25, -0.2) is 4.39 Å². The molecular weight excluding hydrogens is 611 g/mol. The van der Waals surface area contributed by atoms with Crippen molar-refractivity contribution in [3.63, 3.8) is 0 Å². The highest BCUT2D eigenvalue weighted by Gasteiger charge is 2.59. The molecule has 9 nitrogen and oxygen atoms in total. The molecular formula is C27H22B12FN3O6. The molecule has 1 aromatic rings. The highest BCUT2D eigenvalue weighted by molar-refractivity contribution is 6.63. The van der Waals surface area contributed by atoms with Crippen molar-refractivity contribution in [3.05, 3.63) is 70.8 Å². The second-order valence-corrected chi connectivity index (χ2v) is 12.0. The third-order valence-corrected chi connectivity index (χ3v) is 8.49. The SMILES string of the molecule is [B]C([B])(C=O)C([B])([B])C([B])(C(=O)NC)N1CC(=C\OCc2ccc(CN3C([B])([B])C([B])([B])OC([B])(O)C3([B])[B])cc2F)/C(=C\C=C/C)C1=O. The summed E-state index contributed by atoms with van der Waals surface area (Å²) in [5.41, 5.74) is -5.12. The van der Waals surface area contributed by atoms with Gasteiger partial charge in [-0.05, 0) is 40.7 Å². The Morgan fingerprint density at radius 2 is 1.71 bits per heavy atom. The van der Waals surface area contributed by atoms with Gasteiger partial charge < -0.3 is 34.5 Å². The van der Waals surface area contributed by atoms with E-state index in [1.807, 2.05) is 0 Å². The number of rotatable bonds is 11. The molecule has 2 saturated heterocycles. The first-order valence-electron chi connectivity index (χ1n) is 14.4. The van der Waals surface area contributed by atoms with E-state index >= 15 is 4.39 Å². The van der Waals surface area contributed by atoms with Crippen molar-refractivity contribution in [2.24, 2.45) is 0 Å². The highest BCUT2D eigenvalue weighted by Crippen LogP contribution is 2.51. The van der Waals surface area contributed by atoms with E-state index in [-0.39, 0.29) is 35.2 Å². The maximum atomic E-state index is 15.3. The number of carbonyl (C=O) groups excluding carboxylic acids is 3. The number of morpholine rings is 1. The average molecular weight is 633 g/mol. The predicted molar refractivity (Wildman–Crippen MR) is 191 cm³/mol. The minimum absolute atomic E-state index is 0.00178. The molecule has 2 aliphatic heterocycles. The van der Waals surface area contributed by atoms with Gasteiger partial charge in [-0.1, -0.05) is 34.7 Å². The Kier molecular flexibility index (Phi) is 11.6. The topological polar surface area (TPSA) is 108 Å². The molecule has 49 heavy (non-hydrogen) atoms. The molecule has 224 valence electrons. The van der Waals surface area contributed by atoms with E-state index in [1.54, 1.807) is 13.0 Å². The zero-order chi connectivity index (χ0) is 37.6. The molecule has 2 N–H and O–H groups in total.